The Kier molecular flexibility index (Phi) is 6.03. The Morgan fingerprint density at radius 2 is 1.84 bits per heavy atom. The largest absolute Gasteiger partial charge is 0.496 e. The third kappa shape index (κ3) is 4.60. The third-order valence-corrected chi connectivity index (χ3v) is 6.41. The molecule has 1 N–H and O–H groups in total. The van der Waals surface area contributed by atoms with Gasteiger partial charge in [-0.2, -0.15) is 0 Å². The summed E-state index contributed by atoms with van der Waals surface area (Å²) in [4.78, 5) is 27.8. The fourth-order valence-corrected chi connectivity index (χ4v) is 4.55. The van der Waals surface area contributed by atoms with Gasteiger partial charge in [0.25, 0.3) is 0 Å². The van der Waals surface area contributed by atoms with Gasteiger partial charge in [-0.15, -0.1) is 0 Å². The molecule has 0 spiro atoms. The molecule has 2 amide bonds. The number of methoxy groups -OCH3 is 1. The van der Waals surface area contributed by atoms with Crippen LogP contribution in [0, 0.1) is 11.3 Å². The topological polar surface area (TPSA) is 58.6 Å². The third-order valence-electron chi connectivity index (χ3n) is 6.41. The maximum absolute atomic E-state index is 13.2. The van der Waals surface area contributed by atoms with Crippen molar-refractivity contribution in [2.45, 2.75) is 45.6 Å². The molecule has 2 aliphatic rings. The summed E-state index contributed by atoms with van der Waals surface area (Å²) >= 11 is 0. The molecular weight excluding hydrogens is 388 g/mol. The van der Waals surface area contributed by atoms with Gasteiger partial charge in [-0.1, -0.05) is 42.5 Å². The smallest absolute Gasteiger partial charge is 0.228 e. The number of hydrogen-bond donors (Lipinski definition) is 1. The maximum atomic E-state index is 13.2. The highest BCUT2D eigenvalue weighted by molar-refractivity contribution is 5.87. The molecule has 2 fully saturated rings. The highest BCUT2D eigenvalue weighted by atomic mass is 16.5. The van der Waals surface area contributed by atoms with Gasteiger partial charge in [0.2, 0.25) is 11.8 Å². The van der Waals surface area contributed by atoms with E-state index in [0.29, 0.717) is 25.9 Å². The van der Waals surface area contributed by atoms with Crippen LogP contribution in [-0.2, 0) is 16.0 Å². The minimum absolute atomic E-state index is 0.0578. The molecule has 0 unspecified atom stereocenters. The second-order valence-electron chi connectivity index (χ2n) is 9.27. The minimum atomic E-state index is -0.569. The van der Waals surface area contributed by atoms with Gasteiger partial charge >= 0.3 is 0 Å². The maximum Gasteiger partial charge on any atom is 0.228 e. The van der Waals surface area contributed by atoms with E-state index >= 15 is 0 Å². The summed E-state index contributed by atoms with van der Waals surface area (Å²) in [5.74, 6) is 1.31. The molecule has 1 saturated carbocycles. The van der Waals surface area contributed by atoms with E-state index in [1.807, 2.05) is 43.0 Å². The van der Waals surface area contributed by atoms with Crippen LogP contribution in [0.2, 0.25) is 0 Å². The monoisotopic (exact) mass is 420 g/mol. The van der Waals surface area contributed by atoms with Crippen molar-refractivity contribution in [1.82, 2.24) is 10.2 Å². The zero-order chi connectivity index (χ0) is 22.0. The van der Waals surface area contributed by atoms with E-state index in [9.17, 15) is 9.59 Å². The number of likely N-dealkylation sites (tertiary alicyclic amines) is 1. The number of ether oxygens (including phenoxy) is 1. The predicted molar refractivity (Wildman–Crippen MR) is 122 cm³/mol. The van der Waals surface area contributed by atoms with Crippen molar-refractivity contribution in [1.29, 1.82) is 0 Å². The highest BCUT2D eigenvalue weighted by Crippen LogP contribution is 2.39. The number of carbonyl (C=O) groups is 2. The molecule has 1 aliphatic carbocycles. The first-order valence-electron chi connectivity index (χ1n) is 11.2. The Labute approximate surface area is 184 Å². The molecule has 5 nitrogen and oxygen atoms in total. The van der Waals surface area contributed by atoms with Gasteiger partial charge in [0, 0.05) is 30.6 Å². The van der Waals surface area contributed by atoms with E-state index in [1.54, 1.807) is 7.11 Å². The van der Waals surface area contributed by atoms with E-state index in [4.69, 9.17) is 4.74 Å². The molecule has 2 aromatic carbocycles. The van der Waals surface area contributed by atoms with Crippen molar-refractivity contribution in [2.24, 2.45) is 11.3 Å². The van der Waals surface area contributed by atoms with Crippen molar-refractivity contribution in [3.63, 3.8) is 0 Å². The Morgan fingerprint density at radius 3 is 2.48 bits per heavy atom. The van der Waals surface area contributed by atoms with Crippen LogP contribution in [0.3, 0.4) is 0 Å². The zero-order valence-electron chi connectivity index (χ0n) is 18.7. The lowest BCUT2D eigenvalue weighted by Crippen LogP contribution is -2.47. The Bertz CT molecular complexity index is 949. The van der Waals surface area contributed by atoms with E-state index < -0.39 is 5.41 Å². The molecule has 1 heterocycles. The number of hydrogen-bond acceptors (Lipinski definition) is 3. The average Bonchev–Trinajstić information content (AvgIpc) is 3.53. The predicted octanol–water partition coefficient (Wildman–Crippen LogP) is 4.06. The number of benzene rings is 2. The first-order valence-corrected chi connectivity index (χ1v) is 11.2. The van der Waals surface area contributed by atoms with Gasteiger partial charge in [-0.25, -0.2) is 0 Å². The summed E-state index contributed by atoms with van der Waals surface area (Å²) in [7, 11) is 1.68. The molecule has 0 aromatic heterocycles. The molecule has 164 valence electrons. The van der Waals surface area contributed by atoms with Gasteiger partial charge in [0.15, 0.2) is 0 Å². The number of nitrogens with one attached hydrogen (secondary N) is 1. The Hall–Kier alpha value is -2.82. The van der Waals surface area contributed by atoms with Crippen molar-refractivity contribution >= 4 is 11.8 Å². The van der Waals surface area contributed by atoms with Crippen LogP contribution in [-0.4, -0.2) is 43.0 Å². The standard InChI is InChI=1S/C26H32N2O3/c1-18(2)27-25(30)26(14-15-28(17-26)24(29)21-12-13-21)16-19-8-10-20(11-9-19)22-6-4-5-7-23(22)31-3/h4-11,18,21H,12-17H2,1-3H3,(H,27,30)/t26-/m1/s1. The van der Waals surface area contributed by atoms with E-state index in [-0.39, 0.29) is 23.8 Å². The van der Waals surface area contributed by atoms with Crippen LogP contribution in [0.1, 0.15) is 38.7 Å². The van der Waals surface area contributed by atoms with E-state index in [1.165, 1.54) is 0 Å². The van der Waals surface area contributed by atoms with Crippen LogP contribution in [0.4, 0.5) is 0 Å². The summed E-state index contributed by atoms with van der Waals surface area (Å²) in [6.07, 6.45) is 3.32. The second kappa shape index (κ2) is 8.74. The molecule has 31 heavy (non-hydrogen) atoms. The van der Waals surface area contributed by atoms with Gasteiger partial charge < -0.3 is 15.0 Å². The lowest BCUT2D eigenvalue weighted by atomic mass is 9.79. The van der Waals surface area contributed by atoms with E-state index in [2.05, 4.69) is 29.6 Å². The summed E-state index contributed by atoms with van der Waals surface area (Å²) < 4.78 is 5.49. The van der Waals surface area contributed by atoms with Crippen molar-refractivity contribution in [2.75, 3.05) is 20.2 Å². The van der Waals surface area contributed by atoms with Crippen LogP contribution in [0.15, 0.2) is 48.5 Å². The van der Waals surface area contributed by atoms with Gasteiger partial charge in [-0.05, 0) is 56.7 Å². The van der Waals surface area contributed by atoms with Crippen molar-refractivity contribution < 1.29 is 14.3 Å². The van der Waals surface area contributed by atoms with Crippen molar-refractivity contribution in [3.05, 3.63) is 54.1 Å². The first-order chi connectivity index (χ1) is 14.9. The molecule has 1 aliphatic heterocycles. The van der Waals surface area contributed by atoms with Gasteiger partial charge in [-0.3, -0.25) is 9.59 Å². The molecule has 4 rings (SSSR count). The number of carbonyl (C=O) groups excluding carboxylic acids is 2. The van der Waals surface area contributed by atoms with Crippen LogP contribution >= 0.6 is 0 Å². The fraction of sp³-hybridized carbons (Fsp3) is 0.462. The molecule has 2 aromatic rings. The van der Waals surface area contributed by atoms with Gasteiger partial charge in [0.1, 0.15) is 5.75 Å². The highest BCUT2D eigenvalue weighted by Gasteiger charge is 2.48. The molecule has 0 bridgehead atoms. The van der Waals surface area contributed by atoms with E-state index in [0.717, 1.165) is 35.3 Å². The van der Waals surface area contributed by atoms with Crippen LogP contribution in [0.5, 0.6) is 5.75 Å². The summed E-state index contributed by atoms with van der Waals surface area (Å²) in [6, 6.07) is 16.4. The number of rotatable bonds is 7. The van der Waals surface area contributed by atoms with Gasteiger partial charge in [0.05, 0.1) is 12.5 Å². The number of nitrogens with zero attached hydrogens (tertiary/aromatic N) is 1. The average molecular weight is 421 g/mol. The number of amides is 2. The molecule has 1 saturated heterocycles. The number of para-hydroxylation sites is 1. The lowest BCUT2D eigenvalue weighted by molar-refractivity contribution is -0.134. The second-order valence-corrected chi connectivity index (χ2v) is 9.27. The normalized spacial score (nSPS) is 20.7. The van der Waals surface area contributed by atoms with Crippen LogP contribution in [0.25, 0.3) is 11.1 Å². The van der Waals surface area contributed by atoms with Crippen molar-refractivity contribution in [3.8, 4) is 16.9 Å². The Balaban J connectivity index is 1.55. The fourth-order valence-electron chi connectivity index (χ4n) is 4.55. The quantitative estimate of drug-likeness (QED) is 0.735. The SMILES string of the molecule is COc1ccccc1-c1ccc(C[C@]2(C(=O)NC(C)C)CCN(C(=O)C3CC3)C2)cc1. The summed E-state index contributed by atoms with van der Waals surface area (Å²) in [6.45, 7) is 5.14. The molecular formula is C26H32N2O3. The summed E-state index contributed by atoms with van der Waals surface area (Å²) in [5, 5.41) is 3.11. The lowest BCUT2D eigenvalue weighted by Gasteiger charge is -2.29. The zero-order valence-corrected chi connectivity index (χ0v) is 18.7. The molecule has 5 heteroatoms. The first kappa shape index (κ1) is 21.4. The molecule has 0 radical (unpaired) electrons. The summed E-state index contributed by atoms with van der Waals surface area (Å²) in [5.41, 5.74) is 2.67. The molecule has 1 atom stereocenters. The Morgan fingerprint density at radius 1 is 1.13 bits per heavy atom. The minimum Gasteiger partial charge on any atom is -0.496 e. The van der Waals surface area contributed by atoms with Crippen LogP contribution < -0.4 is 10.1 Å².